The molecule has 0 amide bonds. The van der Waals surface area contributed by atoms with E-state index in [4.69, 9.17) is 11.6 Å². The Bertz CT molecular complexity index is 347. The van der Waals surface area contributed by atoms with Gasteiger partial charge in [0.25, 0.3) is 0 Å². The molecule has 0 radical (unpaired) electrons. The Hall–Kier alpha value is -0.320. The third kappa shape index (κ3) is 3.61. The molecule has 0 fully saturated rings. The maximum atomic E-state index is 9.48. The van der Waals surface area contributed by atoms with Gasteiger partial charge < -0.3 is 5.11 Å². The molecule has 1 aromatic rings. The summed E-state index contributed by atoms with van der Waals surface area (Å²) in [6.45, 7) is 5.84. The summed E-state index contributed by atoms with van der Waals surface area (Å²) in [4.78, 5) is 8.23. The SMILES string of the molecule is CCCc1c(Cl)ncnc1SC(C)C(C)O. The predicted octanol–water partition coefficient (Wildman–Crippen LogP) is 2.94. The first kappa shape index (κ1) is 13.7. The van der Waals surface area contributed by atoms with Gasteiger partial charge in [0, 0.05) is 10.8 Å². The van der Waals surface area contributed by atoms with Crippen molar-refractivity contribution in [1.82, 2.24) is 9.97 Å². The van der Waals surface area contributed by atoms with Crippen LogP contribution >= 0.6 is 23.4 Å². The number of aliphatic hydroxyl groups is 1. The Balaban J connectivity index is 2.90. The minimum atomic E-state index is -0.367. The summed E-state index contributed by atoms with van der Waals surface area (Å²) < 4.78 is 0. The Morgan fingerprint density at radius 3 is 2.69 bits per heavy atom. The molecule has 5 heteroatoms. The van der Waals surface area contributed by atoms with Gasteiger partial charge in [-0.15, -0.1) is 11.8 Å². The molecule has 0 aliphatic heterocycles. The van der Waals surface area contributed by atoms with E-state index in [-0.39, 0.29) is 11.4 Å². The van der Waals surface area contributed by atoms with Crippen molar-refractivity contribution in [2.24, 2.45) is 0 Å². The highest BCUT2D eigenvalue weighted by Gasteiger charge is 2.16. The largest absolute Gasteiger partial charge is 0.392 e. The van der Waals surface area contributed by atoms with Crippen LogP contribution < -0.4 is 0 Å². The van der Waals surface area contributed by atoms with Crippen LogP contribution in [0.15, 0.2) is 11.4 Å². The highest BCUT2D eigenvalue weighted by Crippen LogP contribution is 2.30. The average Bonchev–Trinajstić information content (AvgIpc) is 2.23. The zero-order chi connectivity index (χ0) is 12.1. The fraction of sp³-hybridized carbons (Fsp3) is 0.636. The van der Waals surface area contributed by atoms with Crippen molar-refractivity contribution in [2.75, 3.05) is 0 Å². The van der Waals surface area contributed by atoms with Crippen LogP contribution in [0.2, 0.25) is 5.15 Å². The number of rotatable bonds is 5. The van der Waals surface area contributed by atoms with Crippen molar-refractivity contribution in [3.8, 4) is 0 Å². The minimum absolute atomic E-state index is 0.0987. The zero-order valence-corrected chi connectivity index (χ0v) is 11.3. The molecular formula is C11H17ClN2OS. The van der Waals surface area contributed by atoms with E-state index in [9.17, 15) is 5.11 Å². The van der Waals surface area contributed by atoms with Gasteiger partial charge in [-0.1, -0.05) is 31.9 Å². The molecule has 0 aliphatic carbocycles. The molecule has 0 saturated carbocycles. The first-order valence-electron chi connectivity index (χ1n) is 5.40. The van der Waals surface area contributed by atoms with E-state index in [0.717, 1.165) is 23.4 Å². The van der Waals surface area contributed by atoms with Gasteiger partial charge in [-0.3, -0.25) is 0 Å². The van der Waals surface area contributed by atoms with Crippen molar-refractivity contribution in [1.29, 1.82) is 0 Å². The van der Waals surface area contributed by atoms with Crippen molar-refractivity contribution >= 4 is 23.4 Å². The number of aliphatic hydroxyl groups excluding tert-OH is 1. The molecule has 1 heterocycles. The second-order valence-electron chi connectivity index (χ2n) is 3.76. The van der Waals surface area contributed by atoms with Gasteiger partial charge in [0.2, 0.25) is 0 Å². The first-order chi connectivity index (χ1) is 7.56. The Labute approximate surface area is 106 Å². The number of nitrogens with zero attached hydrogens (tertiary/aromatic N) is 2. The van der Waals surface area contributed by atoms with Crippen molar-refractivity contribution in [3.05, 3.63) is 17.0 Å². The lowest BCUT2D eigenvalue weighted by Gasteiger charge is -2.15. The maximum absolute atomic E-state index is 9.48. The summed E-state index contributed by atoms with van der Waals surface area (Å²) in [6, 6.07) is 0. The summed E-state index contributed by atoms with van der Waals surface area (Å²) in [5, 5.41) is 11.0. The minimum Gasteiger partial charge on any atom is -0.392 e. The van der Waals surface area contributed by atoms with E-state index in [1.165, 1.54) is 6.33 Å². The molecule has 16 heavy (non-hydrogen) atoms. The van der Waals surface area contributed by atoms with E-state index in [2.05, 4.69) is 16.9 Å². The standard InChI is InChI=1S/C11H17ClN2OS/c1-4-5-9-10(12)13-6-14-11(9)16-8(3)7(2)15/h6-8,15H,4-5H2,1-3H3. The molecule has 0 bridgehead atoms. The Kier molecular flexibility index (Phi) is 5.52. The van der Waals surface area contributed by atoms with Crippen LogP contribution in [0.4, 0.5) is 0 Å². The highest BCUT2D eigenvalue weighted by atomic mass is 35.5. The van der Waals surface area contributed by atoms with E-state index in [1.807, 2.05) is 6.92 Å². The van der Waals surface area contributed by atoms with Gasteiger partial charge in [-0.05, 0) is 13.3 Å². The number of aromatic nitrogens is 2. The van der Waals surface area contributed by atoms with Crippen LogP contribution in [0.5, 0.6) is 0 Å². The zero-order valence-electron chi connectivity index (χ0n) is 9.77. The topological polar surface area (TPSA) is 46.0 Å². The average molecular weight is 261 g/mol. The second kappa shape index (κ2) is 6.42. The molecule has 90 valence electrons. The van der Waals surface area contributed by atoms with Crippen LogP contribution in [0, 0.1) is 0 Å². The lowest BCUT2D eigenvalue weighted by atomic mass is 10.2. The molecule has 1 aromatic heterocycles. The maximum Gasteiger partial charge on any atom is 0.136 e. The molecular weight excluding hydrogens is 244 g/mol. The summed E-state index contributed by atoms with van der Waals surface area (Å²) in [5.74, 6) is 0. The Morgan fingerprint density at radius 2 is 2.12 bits per heavy atom. The molecule has 2 unspecified atom stereocenters. The van der Waals surface area contributed by atoms with E-state index in [0.29, 0.717) is 5.15 Å². The van der Waals surface area contributed by atoms with Crippen LogP contribution in [-0.2, 0) is 6.42 Å². The van der Waals surface area contributed by atoms with Gasteiger partial charge >= 0.3 is 0 Å². The summed E-state index contributed by atoms with van der Waals surface area (Å²) in [6.07, 6.45) is 2.98. The van der Waals surface area contributed by atoms with E-state index >= 15 is 0 Å². The molecule has 0 saturated heterocycles. The molecule has 0 aliphatic rings. The van der Waals surface area contributed by atoms with E-state index in [1.54, 1.807) is 18.7 Å². The molecule has 1 rings (SSSR count). The number of hydrogen-bond acceptors (Lipinski definition) is 4. The molecule has 0 spiro atoms. The lowest BCUT2D eigenvalue weighted by Crippen LogP contribution is -2.15. The summed E-state index contributed by atoms with van der Waals surface area (Å²) in [5.41, 5.74) is 0.990. The highest BCUT2D eigenvalue weighted by molar-refractivity contribution is 7.99. The molecule has 0 aromatic carbocycles. The fourth-order valence-electron chi connectivity index (χ4n) is 1.21. The molecule has 1 N–H and O–H groups in total. The predicted molar refractivity (Wildman–Crippen MR) is 68.0 cm³/mol. The van der Waals surface area contributed by atoms with Gasteiger partial charge in [0.05, 0.1) is 6.10 Å². The van der Waals surface area contributed by atoms with Crippen molar-refractivity contribution < 1.29 is 5.11 Å². The van der Waals surface area contributed by atoms with Gasteiger partial charge in [-0.2, -0.15) is 0 Å². The third-order valence-corrected chi connectivity index (χ3v) is 4.00. The summed E-state index contributed by atoms with van der Waals surface area (Å²) in [7, 11) is 0. The van der Waals surface area contributed by atoms with Gasteiger partial charge in [-0.25, -0.2) is 9.97 Å². The number of thioether (sulfide) groups is 1. The monoisotopic (exact) mass is 260 g/mol. The van der Waals surface area contributed by atoms with Gasteiger partial charge in [0.1, 0.15) is 16.5 Å². The van der Waals surface area contributed by atoms with Crippen molar-refractivity contribution in [2.45, 2.75) is 50.0 Å². The molecule has 3 nitrogen and oxygen atoms in total. The quantitative estimate of drug-likeness (QED) is 0.653. The Morgan fingerprint density at radius 1 is 1.44 bits per heavy atom. The van der Waals surface area contributed by atoms with Gasteiger partial charge in [0.15, 0.2) is 0 Å². The smallest absolute Gasteiger partial charge is 0.136 e. The van der Waals surface area contributed by atoms with Crippen LogP contribution in [0.25, 0.3) is 0 Å². The van der Waals surface area contributed by atoms with Crippen LogP contribution in [-0.4, -0.2) is 26.4 Å². The molecule has 2 atom stereocenters. The summed E-state index contributed by atoms with van der Waals surface area (Å²) >= 11 is 7.59. The first-order valence-corrected chi connectivity index (χ1v) is 6.66. The second-order valence-corrected chi connectivity index (χ2v) is 5.49. The van der Waals surface area contributed by atoms with Crippen LogP contribution in [0.1, 0.15) is 32.8 Å². The normalized spacial score (nSPS) is 14.8. The lowest BCUT2D eigenvalue weighted by molar-refractivity contribution is 0.196. The third-order valence-electron chi connectivity index (χ3n) is 2.33. The number of hydrogen-bond donors (Lipinski definition) is 1. The fourth-order valence-corrected chi connectivity index (χ4v) is 2.49. The number of halogens is 1. The van der Waals surface area contributed by atoms with Crippen molar-refractivity contribution in [3.63, 3.8) is 0 Å². The van der Waals surface area contributed by atoms with Crippen LogP contribution in [0.3, 0.4) is 0 Å². The van der Waals surface area contributed by atoms with E-state index < -0.39 is 0 Å².